The van der Waals surface area contributed by atoms with E-state index >= 15 is 0 Å². The van der Waals surface area contributed by atoms with E-state index in [0.29, 0.717) is 5.92 Å². The topological polar surface area (TPSA) is 51.8 Å². The Bertz CT molecular complexity index is 677. The average molecular weight is 284 g/mol. The number of hydrogen-bond acceptors (Lipinski definition) is 5. The van der Waals surface area contributed by atoms with E-state index in [0.717, 1.165) is 33.9 Å². The van der Waals surface area contributed by atoms with Gasteiger partial charge in [-0.05, 0) is 18.4 Å². The van der Waals surface area contributed by atoms with E-state index in [1.54, 1.807) is 23.0 Å². The molecule has 0 bridgehead atoms. The van der Waals surface area contributed by atoms with E-state index < -0.39 is 0 Å². The van der Waals surface area contributed by atoms with Crippen LogP contribution in [0.4, 0.5) is 0 Å². The van der Waals surface area contributed by atoms with Crippen LogP contribution in [0.3, 0.4) is 0 Å². The van der Waals surface area contributed by atoms with Crippen molar-refractivity contribution in [2.24, 2.45) is 0 Å². The van der Waals surface area contributed by atoms with E-state index in [9.17, 15) is 0 Å². The first kappa shape index (κ1) is 13.0. The molecule has 101 valence electrons. The summed E-state index contributed by atoms with van der Waals surface area (Å²) in [6, 6.07) is 3.92. The fraction of sp³-hybridized carbons (Fsp3) is 0.267. The molecule has 4 nitrogen and oxygen atoms in total. The van der Waals surface area contributed by atoms with Crippen molar-refractivity contribution >= 4 is 11.3 Å². The molecule has 0 saturated carbocycles. The van der Waals surface area contributed by atoms with Crippen molar-refractivity contribution in [3.05, 3.63) is 41.9 Å². The summed E-state index contributed by atoms with van der Waals surface area (Å²) in [4.78, 5) is 9.61. The minimum absolute atomic E-state index is 0.392. The van der Waals surface area contributed by atoms with Crippen molar-refractivity contribution in [1.82, 2.24) is 15.1 Å². The molecule has 0 spiro atoms. The summed E-state index contributed by atoms with van der Waals surface area (Å²) < 4.78 is 5.31. The zero-order chi connectivity index (χ0) is 13.9. The third-order valence-electron chi connectivity index (χ3n) is 3.36. The van der Waals surface area contributed by atoms with Gasteiger partial charge < -0.3 is 4.52 Å². The molecule has 1 atom stereocenters. The number of rotatable bonds is 4. The minimum Gasteiger partial charge on any atom is -0.356 e. The van der Waals surface area contributed by atoms with Gasteiger partial charge in [0.15, 0.2) is 5.76 Å². The highest BCUT2D eigenvalue weighted by Gasteiger charge is 2.16. The second kappa shape index (κ2) is 5.54. The molecule has 3 rings (SSSR count). The van der Waals surface area contributed by atoms with E-state index in [-0.39, 0.29) is 0 Å². The SMILES string of the molecule is CCC(C)c1cc(-c2ccno2)c(-c2cncs2)[c]n1. The van der Waals surface area contributed by atoms with Crippen LogP contribution >= 0.6 is 11.3 Å². The second-order valence-corrected chi connectivity index (χ2v) is 5.52. The van der Waals surface area contributed by atoms with Crippen LogP contribution in [0.15, 0.2) is 34.6 Å². The molecule has 3 heterocycles. The van der Waals surface area contributed by atoms with E-state index in [1.807, 2.05) is 12.3 Å². The van der Waals surface area contributed by atoms with Gasteiger partial charge in [0.1, 0.15) is 0 Å². The highest BCUT2D eigenvalue weighted by atomic mass is 32.1. The van der Waals surface area contributed by atoms with Crippen LogP contribution in [0, 0.1) is 6.20 Å². The summed E-state index contributed by atoms with van der Waals surface area (Å²) in [5.41, 5.74) is 4.70. The molecule has 0 aromatic carbocycles. The monoisotopic (exact) mass is 284 g/mol. The van der Waals surface area contributed by atoms with E-state index in [4.69, 9.17) is 4.52 Å². The molecule has 1 unspecified atom stereocenters. The molecule has 3 aromatic heterocycles. The van der Waals surface area contributed by atoms with Gasteiger partial charge in [-0.15, -0.1) is 11.3 Å². The highest BCUT2D eigenvalue weighted by Crippen LogP contribution is 2.34. The molecular formula is C15H14N3OS. The summed E-state index contributed by atoms with van der Waals surface area (Å²) in [6.45, 7) is 4.31. The summed E-state index contributed by atoms with van der Waals surface area (Å²) in [6.07, 6.45) is 7.65. The highest BCUT2D eigenvalue weighted by molar-refractivity contribution is 7.13. The van der Waals surface area contributed by atoms with Gasteiger partial charge in [0.25, 0.3) is 0 Å². The van der Waals surface area contributed by atoms with Gasteiger partial charge in [0, 0.05) is 29.1 Å². The lowest BCUT2D eigenvalue weighted by Crippen LogP contribution is -1.97. The second-order valence-electron chi connectivity index (χ2n) is 4.63. The summed E-state index contributed by atoms with van der Waals surface area (Å²) in [5.74, 6) is 1.13. The number of thiazole rings is 1. The van der Waals surface area contributed by atoms with Gasteiger partial charge in [0.2, 0.25) is 0 Å². The molecule has 0 aliphatic rings. The first-order chi connectivity index (χ1) is 9.79. The molecule has 1 radical (unpaired) electrons. The lowest BCUT2D eigenvalue weighted by atomic mass is 9.99. The van der Waals surface area contributed by atoms with Gasteiger partial charge in [-0.2, -0.15) is 0 Å². The molecule has 0 aliphatic carbocycles. The summed E-state index contributed by atoms with van der Waals surface area (Å²) >= 11 is 1.56. The quantitative estimate of drug-likeness (QED) is 0.721. The molecule has 0 amide bonds. The maximum atomic E-state index is 5.31. The Balaban J connectivity index is 2.15. The number of aromatic nitrogens is 3. The van der Waals surface area contributed by atoms with Gasteiger partial charge in [-0.1, -0.05) is 19.0 Å². The van der Waals surface area contributed by atoms with Gasteiger partial charge in [0.05, 0.1) is 22.8 Å². The van der Waals surface area contributed by atoms with Crippen LogP contribution in [-0.4, -0.2) is 15.1 Å². The zero-order valence-electron chi connectivity index (χ0n) is 11.3. The maximum absolute atomic E-state index is 5.31. The summed E-state index contributed by atoms with van der Waals surface area (Å²) in [5, 5.41) is 3.79. The van der Waals surface area contributed by atoms with Crippen molar-refractivity contribution in [3.63, 3.8) is 0 Å². The van der Waals surface area contributed by atoms with Gasteiger partial charge >= 0.3 is 0 Å². The zero-order valence-corrected chi connectivity index (χ0v) is 12.1. The number of pyridine rings is 1. The maximum Gasteiger partial charge on any atom is 0.167 e. The Kier molecular flexibility index (Phi) is 3.60. The van der Waals surface area contributed by atoms with Crippen LogP contribution in [0.2, 0.25) is 0 Å². The van der Waals surface area contributed by atoms with Gasteiger partial charge in [-0.3, -0.25) is 9.97 Å². The van der Waals surface area contributed by atoms with Crippen LogP contribution in [0.25, 0.3) is 21.8 Å². The standard InChI is InChI=1S/C15H14N3OS/c1-3-10(2)13-6-11(14-4-5-18-19-14)12(7-17-13)15-8-16-9-20-15/h4-6,8-10H,3H2,1-2H3. The first-order valence-electron chi connectivity index (χ1n) is 6.52. The fourth-order valence-corrected chi connectivity index (χ4v) is 2.60. The molecular weight excluding hydrogens is 270 g/mol. The van der Waals surface area contributed by atoms with E-state index in [2.05, 4.69) is 41.2 Å². The predicted octanol–water partition coefficient (Wildman–Crippen LogP) is 4.17. The van der Waals surface area contributed by atoms with Crippen molar-refractivity contribution in [2.75, 3.05) is 0 Å². The van der Waals surface area contributed by atoms with Crippen LogP contribution < -0.4 is 0 Å². The normalized spacial score (nSPS) is 12.5. The molecule has 0 aliphatic heterocycles. The average Bonchev–Trinajstić information content (AvgIpc) is 3.18. The van der Waals surface area contributed by atoms with Crippen molar-refractivity contribution in [1.29, 1.82) is 0 Å². The third-order valence-corrected chi connectivity index (χ3v) is 4.15. The summed E-state index contributed by atoms with van der Waals surface area (Å²) in [7, 11) is 0. The lowest BCUT2D eigenvalue weighted by Gasteiger charge is -2.11. The van der Waals surface area contributed by atoms with Crippen molar-refractivity contribution < 1.29 is 4.52 Å². The molecule has 3 aromatic rings. The Morgan fingerprint density at radius 2 is 2.35 bits per heavy atom. The van der Waals surface area contributed by atoms with Crippen LogP contribution in [0.1, 0.15) is 31.9 Å². The minimum atomic E-state index is 0.392. The predicted molar refractivity (Wildman–Crippen MR) is 78.4 cm³/mol. The fourth-order valence-electron chi connectivity index (χ4n) is 1.97. The largest absolute Gasteiger partial charge is 0.356 e. The Hall–Kier alpha value is -2.01. The van der Waals surface area contributed by atoms with E-state index in [1.165, 1.54) is 0 Å². The van der Waals surface area contributed by atoms with Crippen molar-refractivity contribution in [2.45, 2.75) is 26.2 Å². The number of hydrogen-bond donors (Lipinski definition) is 0. The molecule has 0 fully saturated rings. The van der Waals surface area contributed by atoms with Gasteiger partial charge in [-0.25, -0.2) is 0 Å². The molecule has 0 saturated heterocycles. The van der Waals surface area contributed by atoms with Crippen LogP contribution in [-0.2, 0) is 0 Å². The third kappa shape index (κ3) is 2.36. The molecule has 5 heteroatoms. The Labute approximate surface area is 121 Å². The Morgan fingerprint density at radius 1 is 1.45 bits per heavy atom. The smallest absolute Gasteiger partial charge is 0.167 e. The lowest BCUT2D eigenvalue weighted by molar-refractivity contribution is 0.432. The van der Waals surface area contributed by atoms with Crippen molar-refractivity contribution in [3.8, 4) is 21.8 Å². The molecule has 20 heavy (non-hydrogen) atoms. The van der Waals surface area contributed by atoms with Crippen LogP contribution in [0.5, 0.6) is 0 Å². The number of nitrogens with zero attached hydrogens (tertiary/aromatic N) is 3. The Morgan fingerprint density at radius 3 is 3.00 bits per heavy atom. The first-order valence-corrected chi connectivity index (χ1v) is 7.40. The molecule has 0 N–H and O–H groups in total.